The Bertz CT molecular complexity index is 297. The van der Waals surface area contributed by atoms with E-state index >= 15 is 0 Å². The molecular formula is C8H10N2O2. The fourth-order valence-corrected chi connectivity index (χ4v) is 0.895. The molecule has 0 saturated heterocycles. The molecule has 1 heterocycles. The molecule has 0 unspecified atom stereocenters. The van der Waals surface area contributed by atoms with Gasteiger partial charge in [-0.15, -0.1) is 0 Å². The van der Waals surface area contributed by atoms with Crippen molar-refractivity contribution in [2.24, 2.45) is 5.16 Å². The van der Waals surface area contributed by atoms with Crippen molar-refractivity contribution >= 4 is 5.71 Å². The first kappa shape index (κ1) is 8.52. The highest BCUT2D eigenvalue weighted by molar-refractivity contribution is 6.00. The number of pyridine rings is 1. The van der Waals surface area contributed by atoms with Gasteiger partial charge in [-0.25, -0.2) is 0 Å². The van der Waals surface area contributed by atoms with Crippen LogP contribution in [0.2, 0.25) is 0 Å². The van der Waals surface area contributed by atoms with Gasteiger partial charge in [-0.1, -0.05) is 5.16 Å². The summed E-state index contributed by atoms with van der Waals surface area (Å²) in [6, 6.07) is 1.73. The summed E-state index contributed by atoms with van der Waals surface area (Å²) in [6.07, 6.45) is 3.19. The highest BCUT2D eigenvalue weighted by Gasteiger charge is 2.04. The van der Waals surface area contributed by atoms with Crippen molar-refractivity contribution in [1.29, 1.82) is 0 Å². The summed E-state index contributed by atoms with van der Waals surface area (Å²) in [4.78, 5) is 3.87. The molecule has 0 saturated carbocycles. The second-order valence-corrected chi connectivity index (χ2v) is 2.26. The molecule has 0 fully saturated rings. The lowest BCUT2D eigenvalue weighted by atomic mass is 10.2. The van der Waals surface area contributed by atoms with E-state index < -0.39 is 0 Å². The number of oxime groups is 1. The van der Waals surface area contributed by atoms with Gasteiger partial charge in [-0.05, 0) is 13.0 Å². The molecule has 4 nitrogen and oxygen atoms in total. The van der Waals surface area contributed by atoms with Crippen molar-refractivity contribution in [2.45, 2.75) is 6.92 Å². The maximum atomic E-state index is 8.52. The summed E-state index contributed by atoms with van der Waals surface area (Å²) in [7, 11) is 1.55. The number of hydrogen-bond donors (Lipinski definition) is 1. The van der Waals surface area contributed by atoms with Gasteiger partial charge in [0.15, 0.2) is 0 Å². The van der Waals surface area contributed by atoms with E-state index in [9.17, 15) is 0 Å². The quantitative estimate of drug-likeness (QED) is 0.409. The number of methoxy groups -OCH3 is 1. The molecule has 0 amide bonds. The lowest BCUT2D eigenvalue weighted by molar-refractivity contribution is 0.318. The van der Waals surface area contributed by atoms with Crippen LogP contribution in [0.15, 0.2) is 23.6 Å². The first-order valence-electron chi connectivity index (χ1n) is 3.46. The first-order chi connectivity index (χ1) is 5.79. The predicted molar refractivity (Wildman–Crippen MR) is 44.8 cm³/mol. The zero-order valence-corrected chi connectivity index (χ0v) is 6.98. The van der Waals surface area contributed by atoms with Gasteiger partial charge >= 0.3 is 0 Å². The standard InChI is InChI=1S/C8H10N2O2/c1-6(10-11)7-3-4-9-5-8(7)12-2/h3-5,11H,1-2H3/b10-6+. The Kier molecular flexibility index (Phi) is 2.63. The van der Waals surface area contributed by atoms with E-state index in [2.05, 4.69) is 10.1 Å². The maximum Gasteiger partial charge on any atom is 0.146 e. The first-order valence-corrected chi connectivity index (χ1v) is 3.46. The molecule has 0 aliphatic carbocycles. The normalized spacial score (nSPS) is 11.3. The highest BCUT2D eigenvalue weighted by Crippen LogP contribution is 2.15. The van der Waals surface area contributed by atoms with E-state index in [1.807, 2.05) is 0 Å². The maximum absolute atomic E-state index is 8.52. The molecule has 0 atom stereocenters. The van der Waals surface area contributed by atoms with E-state index in [4.69, 9.17) is 9.94 Å². The Morgan fingerprint density at radius 2 is 2.42 bits per heavy atom. The van der Waals surface area contributed by atoms with Crippen LogP contribution in [0.5, 0.6) is 5.75 Å². The molecule has 1 aromatic rings. The van der Waals surface area contributed by atoms with Gasteiger partial charge in [0.1, 0.15) is 5.75 Å². The van der Waals surface area contributed by atoms with E-state index in [1.165, 1.54) is 0 Å². The Labute approximate surface area is 70.5 Å². The van der Waals surface area contributed by atoms with Crippen LogP contribution < -0.4 is 4.74 Å². The van der Waals surface area contributed by atoms with Crippen LogP contribution in [0.4, 0.5) is 0 Å². The number of aromatic nitrogens is 1. The Morgan fingerprint density at radius 1 is 1.67 bits per heavy atom. The zero-order valence-electron chi connectivity index (χ0n) is 6.98. The summed E-state index contributed by atoms with van der Waals surface area (Å²) in [6.45, 7) is 1.69. The fraction of sp³-hybridized carbons (Fsp3) is 0.250. The van der Waals surface area contributed by atoms with Crippen molar-refractivity contribution in [2.75, 3.05) is 7.11 Å². The van der Waals surface area contributed by atoms with Crippen LogP contribution in [0.25, 0.3) is 0 Å². The van der Waals surface area contributed by atoms with Crippen LogP contribution >= 0.6 is 0 Å². The third kappa shape index (κ3) is 1.53. The minimum atomic E-state index is 0.509. The lowest BCUT2D eigenvalue weighted by Crippen LogP contribution is -1.99. The van der Waals surface area contributed by atoms with Crippen LogP contribution in [0.3, 0.4) is 0 Å². The Morgan fingerprint density at radius 3 is 3.00 bits per heavy atom. The molecule has 0 aliphatic heterocycles. The average molecular weight is 166 g/mol. The third-order valence-corrected chi connectivity index (χ3v) is 1.54. The van der Waals surface area contributed by atoms with Gasteiger partial charge in [0, 0.05) is 11.8 Å². The average Bonchev–Trinajstić information content (AvgIpc) is 2.16. The largest absolute Gasteiger partial charge is 0.494 e. The molecule has 4 heteroatoms. The Hall–Kier alpha value is -1.58. The highest BCUT2D eigenvalue weighted by atomic mass is 16.5. The fourth-order valence-electron chi connectivity index (χ4n) is 0.895. The molecule has 0 spiro atoms. The summed E-state index contributed by atoms with van der Waals surface area (Å²) in [5.41, 5.74) is 1.25. The summed E-state index contributed by atoms with van der Waals surface area (Å²) < 4.78 is 5.01. The molecule has 1 N–H and O–H groups in total. The second-order valence-electron chi connectivity index (χ2n) is 2.26. The van der Waals surface area contributed by atoms with Crippen LogP contribution in [0, 0.1) is 0 Å². The Balaban J connectivity index is 3.13. The minimum Gasteiger partial charge on any atom is -0.494 e. The van der Waals surface area contributed by atoms with Crippen molar-refractivity contribution in [3.05, 3.63) is 24.0 Å². The van der Waals surface area contributed by atoms with E-state index in [0.29, 0.717) is 11.5 Å². The molecule has 1 rings (SSSR count). The third-order valence-electron chi connectivity index (χ3n) is 1.54. The van der Waals surface area contributed by atoms with Gasteiger partial charge in [0.25, 0.3) is 0 Å². The van der Waals surface area contributed by atoms with E-state index in [-0.39, 0.29) is 0 Å². The predicted octanol–water partition coefficient (Wildman–Crippen LogP) is 1.29. The molecule has 12 heavy (non-hydrogen) atoms. The van der Waals surface area contributed by atoms with Crippen molar-refractivity contribution in [3.63, 3.8) is 0 Å². The zero-order chi connectivity index (χ0) is 8.97. The molecule has 64 valence electrons. The molecule has 0 aliphatic rings. The monoisotopic (exact) mass is 166 g/mol. The number of hydrogen-bond acceptors (Lipinski definition) is 4. The van der Waals surface area contributed by atoms with Crippen LogP contribution in [-0.4, -0.2) is 23.0 Å². The molecule has 0 aromatic carbocycles. The summed E-state index contributed by atoms with van der Waals surface area (Å²) in [5, 5.41) is 11.6. The van der Waals surface area contributed by atoms with Crippen LogP contribution in [0.1, 0.15) is 12.5 Å². The summed E-state index contributed by atoms with van der Waals surface area (Å²) >= 11 is 0. The minimum absolute atomic E-state index is 0.509. The van der Waals surface area contributed by atoms with Crippen molar-refractivity contribution < 1.29 is 9.94 Å². The van der Waals surface area contributed by atoms with E-state index in [0.717, 1.165) is 5.56 Å². The van der Waals surface area contributed by atoms with Crippen LogP contribution in [-0.2, 0) is 0 Å². The van der Waals surface area contributed by atoms with Crippen molar-refractivity contribution in [1.82, 2.24) is 4.98 Å². The lowest BCUT2D eigenvalue weighted by Gasteiger charge is -2.04. The topological polar surface area (TPSA) is 54.7 Å². The number of nitrogens with zero attached hydrogens (tertiary/aromatic N) is 2. The SMILES string of the molecule is COc1cnccc1/C(C)=N/O. The summed E-state index contributed by atoms with van der Waals surface area (Å²) in [5.74, 6) is 0.604. The molecule has 0 bridgehead atoms. The smallest absolute Gasteiger partial charge is 0.146 e. The number of rotatable bonds is 2. The van der Waals surface area contributed by atoms with Gasteiger partial charge in [-0.3, -0.25) is 4.98 Å². The van der Waals surface area contributed by atoms with Gasteiger partial charge in [0.2, 0.25) is 0 Å². The van der Waals surface area contributed by atoms with E-state index in [1.54, 1.807) is 32.5 Å². The van der Waals surface area contributed by atoms with Gasteiger partial charge < -0.3 is 9.94 Å². The molecular weight excluding hydrogens is 156 g/mol. The van der Waals surface area contributed by atoms with Gasteiger partial charge in [-0.2, -0.15) is 0 Å². The number of ether oxygens (including phenoxy) is 1. The van der Waals surface area contributed by atoms with Gasteiger partial charge in [0.05, 0.1) is 19.0 Å². The molecule has 1 aromatic heterocycles. The second kappa shape index (κ2) is 3.71. The molecule has 0 radical (unpaired) electrons. The van der Waals surface area contributed by atoms with Crippen molar-refractivity contribution in [3.8, 4) is 5.75 Å².